The Hall–Kier alpha value is -1.93. The van der Waals surface area contributed by atoms with E-state index in [4.69, 9.17) is 14.6 Å². The minimum absolute atomic E-state index is 0.0742. The van der Waals surface area contributed by atoms with Crippen LogP contribution in [0.15, 0.2) is 23.1 Å². The number of primary sulfonamides is 1. The van der Waals surface area contributed by atoms with Crippen LogP contribution in [0, 0.1) is 0 Å². The number of hydrogen-bond acceptors (Lipinski definition) is 6. The van der Waals surface area contributed by atoms with Crippen LogP contribution in [0.2, 0.25) is 0 Å². The standard InChI is InChI=1S/C12H15NO6S/c1-3-18-12(15)11-9(7-19-8(2)14)5-4-6-10(11)20(13,16)17/h4-6H,3,7H2,1-2H3,(H2,13,16,17). The van der Waals surface area contributed by atoms with Crippen molar-refractivity contribution in [3.8, 4) is 0 Å². The van der Waals surface area contributed by atoms with E-state index in [1.165, 1.54) is 25.1 Å². The van der Waals surface area contributed by atoms with Gasteiger partial charge in [-0.2, -0.15) is 0 Å². The third-order valence-corrected chi connectivity index (χ3v) is 3.28. The Morgan fingerprint density at radius 1 is 1.25 bits per heavy atom. The first-order chi connectivity index (χ1) is 9.27. The third-order valence-electron chi connectivity index (χ3n) is 2.33. The molecule has 1 rings (SSSR count). The molecule has 0 radical (unpaired) electrons. The molecular weight excluding hydrogens is 286 g/mol. The monoisotopic (exact) mass is 301 g/mol. The highest BCUT2D eigenvalue weighted by Crippen LogP contribution is 2.21. The van der Waals surface area contributed by atoms with E-state index in [1.807, 2.05) is 0 Å². The number of rotatable bonds is 5. The Morgan fingerprint density at radius 3 is 2.40 bits per heavy atom. The zero-order valence-electron chi connectivity index (χ0n) is 11.1. The smallest absolute Gasteiger partial charge is 0.339 e. The molecule has 1 aromatic rings. The van der Waals surface area contributed by atoms with Gasteiger partial charge in [-0.15, -0.1) is 0 Å². The normalized spacial score (nSPS) is 10.9. The molecule has 110 valence electrons. The summed E-state index contributed by atoms with van der Waals surface area (Å²) in [5, 5.41) is 5.07. The summed E-state index contributed by atoms with van der Waals surface area (Å²) in [6.45, 7) is 2.62. The number of esters is 2. The summed E-state index contributed by atoms with van der Waals surface area (Å²) in [4.78, 5) is 22.4. The van der Waals surface area contributed by atoms with Crippen LogP contribution < -0.4 is 5.14 Å². The Morgan fingerprint density at radius 2 is 1.90 bits per heavy atom. The molecule has 0 aliphatic carbocycles. The van der Waals surface area contributed by atoms with Gasteiger partial charge in [-0.1, -0.05) is 12.1 Å². The van der Waals surface area contributed by atoms with Gasteiger partial charge < -0.3 is 9.47 Å². The molecule has 0 fully saturated rings. The summed E-state index contributed by atoms with van der Waals surface area (Å²) in [6, 6.07) is 4.06. The predicted molar refractivity (Wildman–Crippen MR) is 69.2 cm³/mol. The highest BCUT2D eigenvalue weighted by atomic mass is 32.2. The van der Waals surface area contributed by atoms with Gasteiger partial charge in [0.1, 0.15) is 6.61 Å². The van der Waals surface area contributed by atoms with E-state index in [0.717, 1.165) is 0 Å². The van der Waals surface area contributed by atoms with Crippen molar-refractivity contribution in [3.63, 3.8) is 0 Å². The zero-order chi connectivity index (χ0) is 15.3. The Labute approximate surface area is 116 Å². The first-order valence-electron chi connectivity index (χ1n) is 5.72. The minimum Gasteiger partial charge on any atom is -0.462 e. The quantitative estimate of drug-likeness (QED) is 0.796. The second kappa shape index (κ2) is 6.49. The number of carbonyl (C=O) groups excluding carboxylic acids is 2. The third kappa shape index (κ3) is 4.04. The molecule has 0 amide bonds. The topological polar surface area (TPSA) is 113 Å². The first-order valence-corrected chi connectivity index (χ1v) is 7.27. The fourth-order valence-corrected chi connectivity index (χ4v) is 2.32. The van der Waals surface area contributed by atoms with E-state index in [9.17, 15) is 18.0 Å². The number of benzene rings is 1. The van der Waals surface area contributed by atoms with Gasteiger partial charge in [-0.3, -0.25) is 4.79 Å². The van der Waals surface area contributed by atoms with Crippen LogP contribution in [0.3, 0.4) is 0 Å². The molecule has 0 unspecified atom stereocenters. The lowest BCUT2D eigenvalue weighted by atomic mass is 10.1. The first kappa shape index (κ1) is 16.1. The van der Waals surface area contributed by atoms with Crippen LogP contribution in [0.1, 0.15) is 29.8 Å². The molecule has 0 heterocycles. The number of carbonyl (C=O) groups is 2. The Balaban J connectivity index is 3.36. The molecule has 7 nitrogen and oxygen atoms in total. The highest BCUT2D eigenvalue weighted by Gasteiger charge is 2.24. The van der Waals surface area contributed by atoms with E-state index in [2.05, 4.69) is 0 Å². The molecular formula is C12H15NO6S. The number of nitrogens with two attached hydrogens (primary N) is 1. The van der Waals surface area contributed by atoms with Crippen LogP contribution in [0.4, 0.5) is 0 Å². The lowest BCUT2D eigenvalue weighted by Crippen LogP contribution is -2.20. The molecule has 2 N–H and O–H groups in total. The molecule has 1 aromatic carbocycles. The van der Waals surface area contributed by atoms with Gasteiger partial charge >= 0.3 is 11.9 Å². The van der Waals surface area contributed by atoms with Crippen LogP contribution >= 0.6 is 0 Å². The van der Waals surface area contributed by atoms with E-state index in [1.54, 1.807) is 6.92 Å². The minimum atomic E-state index is -4.10. The van der Waals surface area contributed by atoms with E-state index < -0.39 is 22.0 Å². The van der Waals surface area contributed by atoms with Gasteiger partial charge in [0.05, 0.1) is 17.1 Å². The second-order valence-corrected chi connectivity index (χ2v) is 5.37. The molecule has 0 bridgehead atoms. The van der Waals surface area contributed by atoms with Crippen molar-refractivity contribution in [3.05, 3.63) is 29.3 Å². The summed E-state index contributed by atoms with van der Waals surface area (Å²) in [5.74, 6) is -1.39. The molecule has 0 aliphatic rings. The fourth-order valence-electron chi connectivity index (χ4n) is 1.55. The van der Waals surface area contributed by atoms with Crippen molar-refractivity contribution in [1.29, 1.82) is 0 Å². The lowest BCUT2D eigenvalue weighted by molar-refractivity contribution is -0.142. The average Bonchev–Trinajstić information content (AvgIpc) is 2.35. The Bertz CT molecular complexity index is 623. The van der Waals surface area contributed by atoms with Crippen molar-refractivity contribution in [2.24, 2.45) is 5.14 Å². The van der Waals surface area contributed by atoms with Gasteiger partial charge in [0.15, 0.2) is 0 Å². The van der Waals surface area contributed by atoms with Gasteiger partial charge in [0, 0.05) is 12.5 Å². The van der Waals surface area contributed by atoms with Crippen LogP contribution in [0.5, 0.6) is 0 Å². The maximum absolute atomic E-state index is 11.9. The Kier molecular flexibility index (Phi) is 5.23. The van der Waals surface area contributed by atoms with Gasteiger partial charge in [0.25, 0.3) is 0 Å². The maximum atomic E-state index is 11.9. The summed E-state index contributed by atoms with van der Waals surface area (Å²) in [7, 11) is -4.10. The second-order valence-electron chi connectivity index (χ2n) is 3.84. The molecule has 0 spiro atoms. The lowest BCUT2D eigenvalue weighted by Gasteiger charge is -2.12. The number of sulfonamides is 1. The largest absolute Gasteiger partial charge is 0.462 e. The van der Waals surface area contributed by atoms with E-state index in [0.29, 0.717) is 0 Å². The van der Waals surface area contributed by atoms with Crippen molar-refractivity contribution in [2.75, 3.05) is 6.61 Å². The van der Waals surface area contributed by atoms with Crippen LogP contribution in [-0.4, -0.2) is 27.0 Å². The van der Waals surface area contributed by atoms with Gasteiger partial charge in [-0.25, -0.2) is 18.4 Å². The van der Waals surface area contributed by atoms with Crippen molar-refractivity contribution >= 4 is 22.0 Å². The molecule has 0 saturated carbocycles. The molecule has 0 saturated heterocycles. The molecule has 0 aromatic heterocycles. The maximum Gasteiger partial charge on any atom is 0.339 e. The molecule has 8 heteroatoms. The van der Waals surface area contributed by atoms with Gasteiger partial charge in [-0.05, 0) is 13.0 Å². The SMILES string of the molecule is CCOC(=O)c1c(COC(C)=O)cccc1S(N)(=O)=O. The van der Waals surface area contributed by atoms with E-state index >= 15 is 0 Å². The molecule has 0 aliphatic heterocycles. The van der Waals surface area contributed by atoms with Crippen molar-refractivity contribution < 1.29 is 27.5 Å². The van der Waals surface area contributed by atoms with Crippen molar-refractivity contribution in [1.82, 2.24) is 0 Å². The molecule has 20 heavy (non-hydrogen) atoms. The summed E-state index contributed by atoms with van der Waals surface area (Å²) in [5.41, 5.74) is 0.00303. The highest BCUT2D eigenvalue weighted by molar-refractivity contribution is 7.89. The van der Waals surface area contributed by atoms with Crippen molar-refractivity contribution in [2.45, 2.75) is 25.3 Å². The molecule has 0 atom stereocenters. The summed E-state index contributed by atoms with van der Waals surface area (Å²) in [6.07, 6.45) is 0. The van der Waals surface area contributed by atoms with E-state index in [-0.39, 0.29) is 29.2 Å². The zero-order valence-corrected chi connectivity index (χ0v) is 11.9. The predicted octanol–water partition coefficient (Wildman–Crippen LogP) is 0.574. The van der Waals surface area contributed by atoms with Gasteiger partial charge in [0.2, 0.25) is 10.0 Å². The fraction of sp³-hybridized carbons (Fsp3) is 0.333. The van der Waals surface area contributed by atoms with Crippen LogP contribution in [-0.2, 0) is 30.9 Å². The number of ether oxygens (including phenoxy) is 2. The van der Waals surface area contributed by atoms with Crippen LogP contribution in [0.25, 0.3) is 0 Å². The number of hydrogen-bond donors (Lipinski definition) is 1. The summed E-state index contributed by atoms with van der Waals surface area (Å²) >= 11 is 0. The summed E-state index contributed by atoms with van der Waals surface area (Å²) < 4.78 is 32.6. The average molecular weight is 301 g/mol.